The molecule has 0 aliphatic heterocycles. The third-order valence-electron chi connectivity index (χ3n) is 4.38. The smallest absolute Gasteiger partial charge is 0.266 e. The maximum Gasteiger partial charge on any atom is 0.266 e. The molecule has 0 saturated heterocycles. The van der Waals surface area contributed by atoms with Crippen molar-refractivity contribution in [2.75, 3.05) is 19.8 Å². The van der Waals surface area contributed by atoms with Gasteiger partial charge in [0.15, 0.2) is 0 Å². The second kappa shape index (κ2) is 10.2. The average molecular weight is 444 g/mol. The highest BCUT2D eigenvalue weighted by Gasteiger charge is 2.18. The zero-order valence-electron chi connectivity index (χ0n) is 17.4. The quantitative estimate of drug-likeness (QED) is 0.517. The van der Waals surface area contributed by atoms with Crippen LogP contribution in [0.2, 0.25) is 0 Å². The van der Waals surface area contributed by atoms with E-state index in [0.717, 1.165) is 11.3 Å². The Morgan fingerprint density at radius 2 is 1.65 bits per heavy atom. The fourth-order valence-electron chi connectivity index (χ4n) is 2.96. The summed E-state index contributed by atoms with van der Waals surface area (Å²) in [6.07, 6.45) is 0. The molecule has 3 rings (SSSR count). The van der Waals surface area contributed by atoms with Gasteiger partial charge in [0, 0.05) is 18.2 Å². The minimum atomic E-state index is -3.80. The van der Waals surface area contributed by atoms with Crippen LogP contribution in [0.5, 0.6) is 11.5 Å². The van der Waals surface area contributed by atoms with Crippen molar-refractivity contribution in [3.05, 3.63) is 71.0 Å². The number of ether oxygens (including phenoxy) is 2. The van der Waals surface area contributed by atoms with Gasteiger partial charge in [0.25, 0.3) is 5.56 Å². The standard InChI is InChI=1S/C22H25N3O5S/c1-3-29-18-11-9-17(10-12-18)19-13-14-22(26)25(24-19)16-15-23-31(27,28)21-8-6-5-7-20(21)30-4-2/h5-14,23H,3-4,15-16H2,1-2H3. The molecular weight excluding hydrogens is 418 g/mol. The van der Waals surface area contributed by atoms with Crippen LogP contribution >= 0.6 is 0 Å². The normalized spacial score (nSPS) is 11.3. The Kier molecular flexibility index (Phi) is 7.43. The summed E-state index contributed by atoms with van der Waals surface area (Å²) < 4.78 is 39.9. The lowest BCUT2D eigenvalue weighted by Crippen LogP contribution is -2.32. The van der Waals surface area contributed by atoms with E-state index in [9.17, 15) is 13.2 Å². The number of sulfonamides is 1. The molecular formula is C22H25N3O5S. The molecule has 0 aliphatic rings. The molecule has 1 heterocycles. The zero-order valence-corrected chi connectivity index (χ0v) is 18.3. The number of nitrogens with one attached hydrogen (secondary N) is 1. The van der Waals surface area contributed by atoms with Gasteiger partial charge in [0.2, 0.25) is 10.0 Å². The molecule has 0 spiro atoms. The molecule has 0 radical (unpaired) electrons. The number of para-hydroxylation sites is 1. The number of hydrogen-bond donors (Lipinski definition) is 1. The van der Waals surface area contributed by atoms with E-state index in [1.807, 2.05) is 31.2 Å². The third-order valence-corrected chi connectivity index (χ3v) is 5.88. The molecule has 0 atom stereocenters. The van der Waals surface area contributed by atoms with Gasteiger partial charge in [-0.05, 0) is 56.3 Å². The van der Waals surface area contributed by atoms with Gasteiger partial charge in [-0.2, -0.15) is 5.10 Å². The predicted molar refractivity (Wildman–Crippen MR) is 118 cm³/mol. The van der Waals surface area contributed by atoms with E-state index in [4.69, 9.17) is 9.47 Å². The fourth-order valence-corrected chi connectivity index (χ4v) is 4.13. The minimum absolute atomic E-state index is 0.00241. The highest BCUT2D eigenvalue weighted by atomic mass is 32.2. The van der Waals surface area contributed by atoms with E-state index in [-0.39, 0.29) is 29.3 Å². The first kappa shape index (κ1) is 22.5. The van der Waals surface area contributed by atoms with E-state index < -0.39 is 10.0 Å². The van der Waals surface area contributed by atoms with E-state index in [1.165, 1.54) is 16.8 Å². The Balaban J connectivity index is 1.72. The second-order valence-corrected chi connectivity index (χ2v) is 8.25. The van der Waals surface area contributed by atoms with E-state index >= 15 is 0 Å². The molecule has 2 aromatic carbocycles. The lowest BCUT2D eigenvalue weighted by Gasteiger charge is -2.12. The summed E-state index contributed by atoms with van der Waals surface area (Å²) >= 11 is 0. The molecule has 0 saturated carbocycles. The first-order valence-corrected chi connectivity index (χ1v) is 11.5. The van der Waals surface area contributed by atoms with Gasteiger partial charge in [-0.25, -0.2) is 17.8 Å². The molecule has 0 bridgehead atoms. The summed E-state index contributed by atoms with van der Waals surface area (Å²) in [5, 5.41) is 4.36. The lowest BCUT2D eigenvalue weighted by atomic mass is 10.1. The van der Waals surface area contributed by atoms with Crippen molar-refractivity contribution in [3.8, 4) is 22.8 Å². The van der Waals surface area contributed by atoms with Crippen LogP contribution in [0, 0.1) is 0 Å². The Bertz CT molecular complexity index is 1170. The van der Waals surface area contributed by atoms with Crippen LogP contribution in [0.25, 0.3) is 11.3 Å². The SMILES string of the molecule is CCOc1ccc(-c2ccc(=O)n(CCNS(=O)(=O)c3ccccc3OCC)n2)cc1. The van der Waals surface area contributed by atoms with Gasteiger partial charge in [0.05, 0.1) is 25.5 Å². The molecule has 1 N–H and O–H groups in total. The summed E-state index contributed by atoms with van der Waals surface area (Å²) in [5.41, 5.74) is 1.11. The van der Waals surface area contributed by atoms with Crippen molar-refractivity contribution in [1.29, 1.82) is 0 Å². The predicted octanol–water partition coefficient (Wildman–Crippen LogP) is 2.69. The summed E-state index contributed by atoms with van der Waals surface area (Å²) in [4.78, 5) is 12.2. The van der Waals surface area contributed by atoms with Gasteiger partial charge in [-0.1, -0.05) is 12.1 Å². The molecule has 8 nitrogen and oxygen atoms in total. The maximum atomic E-state index is 12.7. The number of nitrogens with zero attached hydrogens (tertiary/aromatic N) is 2. The van der Waals surface area contributed by atoms with E-state index in [2.05, 4.69) is 9.82 Å². The number of hydrogen-bond acceptors (Lipinski definition) is 6. The van der Waals surface area contributed by atoms with Gasteiger partial charge < -0.3 is 9.47 Å². The van der Waals surface area contributed by atoms with Crippen LogP contribution < -0.4 is 19.8 Å². The molecule has 0 aliphatic carbocycles. The second-order valence-electron chi connectivity index (χ2n) is 6.51. The molecule has 164 valence electrons. The molecule has 3 aromatic rings. The summed E-state index contributed by atoms with van der Waals surface area (Å²) in [7, 11) is -3.80. The number of benzene rings is 2. The maximum absolute atomic E-state index is 12.7. The monoisotopic (exact) mass is 443 g/mol. The summed E-state index contributed by atoms with van der Waals surface area (Å²) in [6.45, 7) is 4.71. The zero-order chi connectivity index (χ0) is 22.3. The van der Waals surface area contributed by atoms with Crippen molar-refractivity contribution in [3.63, 3.8) is 0 Å². The van der Waals surface area contributed by atoms with Crippen molar-refractivity contribution < 1.29 is 17.9 Å². The minimum Gasteiger partial charge on any atom is -0.494 e. The Hall–Kier alpha value is -3.17. The van der Waals surface area contributed by atoms with Crippen molar-refractivity contribution in [1.82, 2.24) is 14.5 Å². The van der Waals surface area contributed by atoms with E-state index in [1.54, 1.807) is 31.2 Å². The van der Waals surface area contributed by atoms with Crippen LogP contribution in [0.15, 0.2) is 70.4 Å². The Labute approximate surface area is 181 Å². The Morgan fingerprint density at radius 3 is 2.35 bits per heavy atom. The molecule has 0 unspecified atom stereocenters. The van der Waals surface area contributed by atoms with Crippen LogP contribution in [-0.2, 0) is 16.6 Å². The summed E-state index contributed by atoms with van der Waals surface area (Å²) in [6, 6.07) is 16.8. The Morgan fingerprint density at radius 1 is 0.935 bits per heavy atom. The third kappa shape index (κ3) is 5.71. The van der Waals surface area contributed by atoms with E-state index in [0.29, 0.717) is 18.9 Å². The molecule has 31 heavy (non-hydrogen) atoms. The van der Waals surface area contributed by atoms with Crippen LogP contribution in [0.4, 0.5) is 0 Å². The number of rotatable bonds is 10. The van der Waals surface area contributed by atoms with Crippen LogP contribution in [0.1, 0.15) is 13.8 Å². The van der Waals surface area contributed by atoms with Crippen LogP contribution in [-0.4, -0.2) is 38.0 Å². The largest absolute Gasteiger partial charge is 0.494 e. The first-order valence-electron chi connectivity index (χ1n) is 9.97. The average Bonchev–Trinajstić information content (AvgIpc) is 2.76. The van der Waals surface area contributed by atoms with Gasteiger partial charge in [0.1, 0.15) is 16.4 Å². The van der Waals surface area contributed by atoms with Gasteiger partial charge in [-0.3, -0.25) is 4.79 Å². The van der Waals surface area contributed by atoms with Crippen molar-refractivity contribution >= 4 is 10.0 Å². The molecule has 0 amide bonds. The fraction of sp³-hybridized carbons (Fsp3) is 0.273. The molecule has 9 heteroatoms. The van der Waals surface area contributed by atoms with Crippen molar-refractivity contribution in [2.45, 2.75) is 25.3 Å². The highest BCUT2D eigenvalue weighted by Crippen LogP contribution is 2.23. The molecule has 0 fully saturated rings. The number of aromatic nitrogens is 2. The topological polar surface area (TPSA) is 99.5 Å². The highest BCUT2D eigenvalue weighted by molar-refractivity contribution is 7.89. The van der Waals surface area contributed by atoms with Gasteiger partial charge >= 0.3 is 0 Å². The van der Waals surface area contributed by atoms with Gasteiger partial charge in [-0.15, -0.1) is 0 Å². The summed E-state index contributed by atoms with van der Waals surface area (Å²) in [5.74, 6) is 1.03. The lowest BCUT2D eigenvalue weighted by molar-refractivity contribution is 0.331. The molecule has 1 aromatic heterocycles. The van der Waals surface area contributed by atoms with Crippen LogP contribution in [0.3, 0.4) is 0 Å². The first-order chi connectivity index (χ1) is 14.9. The van der Waals surface area contributed by atoms with Crippen molar-refractivity contribution in [2.24, 2.45) is 0 Å².